The molecule has 0 N–H and O–H groups in total. The molecule has 0 spiro atoms. The van der Waals surface area contributed by atoms with E-state index in [4.69, 9.17) is 0 Å². The van der Waals surface area contributed by atoms with Crippen LogP contribution < -0.4 is 0 Å². The second-order valence-corrected chi connectivity index (χ2v) is 3.71. The van der Waals surface area contributed by atoms with Gasteiger partial charge in [0.05, 0.1) is 0 Å². The fourth-order valence-electron chi connectivity index (χ4n) is 0.528. The third-order valence-corrected chi connectivity index (χ3v) is 2.49. The molecule has 0 aromatic rings. The normalized spacial score (nSPS) is 13.4. The van der Waals surface area contributed by atoms with Gasteiger partial charge in [0.15, 0.2) is 0 Å². The molecule has 0 aliphatic rings. The molecule has 0 fully saturated rings. The maximum atomic E-state index is 11.4. The van der Waals surface area contributed by atoms with Gasteiger partial charge in [0, 0.05) is 0 Å². The van der Waals surface area contributed by atoms with Gasteiger partial charge >= 0.3 is 14.0 Å². The van der Waals surface area contributed by atoms with E-state index in [1.165, 1.54) is 0 Å². The summed E-state index contributed by atoms with van der Waals surface area (Å²) in [5, 5.41) is 0. The first-order chi connectivity index (χ1) is 4.45. The Morgan fingerprint density at radius 2 is 1.90 bits per heavy atom. The first-order valence-corrected chi connectivity index (χ1v) is 4.57. The van der Waals surface area contributed by atoms with Crippen molar-refractivity contribution in [2.24, 2.45) is 0 Å². The molecule has 0 rings (SSSR count). The summed E-state index contributed by atoms with van der Waals surface area (Å²) in [5.41, 5.74) is 0. The summed E-state index contributed by atoms with van der Waals surface area (Å²) in [7, 11) is -2.04. The highest BCUT2D eigenvalue weighted by Gasteiger charge is 2.37. The molecule has 0 radical (unpaired) electrons. The van der Waals surface area contributed by atoms with Gasteiger partial charge in [0.25, 0.3) is 0 Å². The highest BCUT2D eigenvalue weighted by Crippen LogP contribution is 2.31. The quantitative estimate of drug-likeness (QED) is 0.599. The molecule has 0 saturated carbocycles. The topological polar surface area (TPSA) is 17.1 Å². The molecule has 1 nitrogen and oxygen atoms in total. The van der Waals surface area contributed by atoms with Gasteiger partial charge in [-0.3, -0.25) is 0 Å². The van der Waals surface area contributed by atoms with E-state index in [1.54, 1.807) is 6.92 Å². The molecule has 0 amide bonds. The number of rotatable bonds is 3. The molecule has 0 aromatic carbocycles. The van der Waals surface area contributed by atoms with Gasteiger partial charge in [0.1, 0.15) is 6.16 Å². The van der Waals surface area contributed by atoms with Crippen molar-refractivity contribution in [2.75, 3.05) is 12.3 Å². The molecule has 1 atom stereocenters. The van der Waals surface area contributed by atoms with Crippen molar-refractivity contribution in [2.45, 2.75) is 19.5 Å². The van der Waals surface area contributed by atoms with Crippen LogP contribution in [0.15, 0.2) is 0 Å². The molecular weight excluding hydrogens is 164 g/mol. The molecule has 0 saturated heterocycles. The molecule has 0 heterocycles. The van der Waals surface area contributed by atoms with Crippen LogP contribution in [-0.4, -0.2) is 18.5 Å². The summed E-state index contributed by atoms with van der Waals surface area (Å²) in [4.78, 5) is 0. The summed E-state index contributed by atoms with van der Waals surface area (Å²) in [6, 6.07) is 0. The van der Waals surface area contributed by atoms with Crippen LogP contribution in [0.25, 0.3) is 0 Å². The van der Waals surface area contributed by atoms with Gasteiger partial charge in [0.2, 0.25) is 6.16 Å². The monoisotopic (exact) mass is 173 g/mol. The molecule has 10 heavy (non-hydrogen) atoms. The van der Waals surface area contributed by atoms with E-state index in [0.717, 1.165) is 0 Å². The third-order valence-electron chi connectivity index (χ3n) is 0.829. The first kappa shape index (κ1) is 9.89. The summed E-state index contributed by atoms with van der Waals surface area (Å²) in [6.07, 6.45) is -4.67. The highest BCUT2D eigenvalue weighted by atomic mass is 31.1. The second-order valence-electron chi connectivity index (χ2n) is 1.98. The Labute approximate surface area is 58.4 Å². The predicted molar refractivity (Wildman–Crippen MR) is 33.7 cm³/mol. The molecule has 0 aromatic heterocycles. The van der Waals surface area contributed by atoms with Crippen LogP contribution in [0.4, 0.5) is 13.2 Å². The van der Waals surface area contributed by atoms with Gasteiger partial charge in [-0.2, -0.15) is 13.2 Å². The van der Waals surface area contributed by atoms with Gasteiger partial charge in [-0.05, 0) is 6.42 Å². The largest absolute Gasteiger partial charge is 0.432 e. The zero-order valence-corrected chi connectivity index (χ0v) is 6.51. The molecule has 0 aliphatic heterocycles. The Bertz CT molecular complexity index is 121. The van der Waals surface area contributed by atoms with Crippen LogP contribution in [0.2, 0.25) is 0 Å². The second kappa shape index (κ2) is 3.91. The summed E-state index contributed by atoms with van der Waals surface area (Å²) in [5.74, 6) is 0. The summed E-state index contributed by atoms with van der Waals surface area (Å²) < 4.78 is 44.8. The molecule has 0 bridgehead atoms. The van der Waals surface area contributed by atoms with Gasteiger partial charge in [-0.1, -0.05) is 11.5 Å². The minimum atomic E-state index is -4.26. The lowest BCUT2D eigenvalue weighted by molar-refractivity contribution is -0.106. The van der Waals surface area contributed by atoms with Crippen LogP contribution in [0.3, 0.4) is 0 Å². The summed E-state index contributed by atoms with van der Waals surface area (Å²) >= 11 is 0. The molecule has 0 aliphatic carbocycles. The maximum Gasteiger partial charge on any atom is 0.432 e. The average Bonchev–Trinajstić information content (AvgIpc) is 1.59. The van der Waals surface area contributed by atoms with E-state index in [-0.39, 0.29) is 6.16 Å². The van der Waals surface area contributed by atoms with Gasteiger partial charge < -0.3 is 0 Å². The molecule has 1 unspecified atom stereocenters. The van der Waals surface area contributed by atoms with Crippen molar-refractivity contribution in [3.8, 4) is 0 Å². The van der Waals surface area contributed by atoms with E-state index in [9.17, 15) is 17.7 Å². The lowest BCUT2D eigenvalue weighted by atomic mass is 10.6. The SMILES string of the molecule is CCC[P+](=O)CC(F)(F)F. The highest BCUT2D eigenvalue weighted by molar-refractivity contribution is 7.44. The van der Waals surface area contributed by atoms with Crippen molar-refractivity contribution < 1.29 is 17.7 Å². The van der Waals surface area contributed by atoms with Crippen LogP contribution in [-0.2, 0) is 4.57 Å². The van der Waals surface area contributed by atoms with E-state index < -0.39 is 20.1 Å². The van der Waals surface area contributed by atoms with Crippen molar-refractivity contribution in [1.29, 1.82) is 0 Å². The fraction of sp³-hybridized carbons (Fsp3) is 1.00. The van der Waals surface area contributed by atoms with Crippen molar-refractivity contribution in [3.63, 3.8) is 0 Å². The lowest BCUT2D eigenvalue weighted by Crippen LogP contribution is -2.11. The number of halogens is 3. The first-order valence-electron chi connectivity index (χ1n) is 2.94. The third kappa shape index (κ3) is 6.02. The van der Waals surface area contributed by atoms with Crippen molar-refractivity contribution in [3.05, 3.63) is 0 Å². The standard InChI is InChI=1S/C5H9F3OP/c1-2-3-10(9)4-5(6,7)8/h2-4H2,1H3/q+1. The summed E-state index contributed by atoms with van der Waals surface area (Å²) in [6.45, 7) is 1.71. The number of hydrogen-bond donors (Lipinski definition) is 0. The van der Waals surface area contributed by atoms with Crippen LogP contribution in [0, 0.1) is 0 Å². The number of hydrogen-bond acceptors (Lipinski definition) is 1. The van der Waals surface area contributed by atoms with Crippen molar-refractivity contribution in [1.82, 2.24) is 0 Å². The maximum absolute atomic E-state index is 11.4. The fourth-order valence-corrected chi connectivity index (χ4v) is 1.59. The minimum absolute atomic E-state index is 0.175. The molecule has 5 heteroatoms. The van der Waals surface area contributed by atoms with E-state index >= 15 is 0 Å². The van der Waals surface area contributed by atoms with Gasteiger partial charge in [-0.15, -0.1) is 0 Å². The lowest BCUT2D eigenvalue weighted by Gasteiger charge is -1.95. The Hall–Kier alpha value is -0.110. The molecular formula is C5H9F3OP+. The van der Waals surface area contributed by atoms with Gasteiger partial charge in [-0.25, -0.2) is 0 Å². The van der Waals surface area contributed by atoms with E-state index in [2.05, 4.69) is 0 Å². The van der Waals surface area contributed by atoms with Crippen LogP contribution in [0.5, 0.6) is 0 Å². The van der Waals surface area contributed by atoms with E-state index in [0.29, 0.717) is 6.42 Å². The molecule has 60 valence electrons. The Kier molecular flexibility index (Phi) is 3.87. The Morgan fingerprint density at radius 1 is 1.40 bits per heavy atom. The number of alkyl halides is 3. The van der Waals surface area contributed by atoms with Crippen molar-refractivity contribution >= 4 is 7.80 Å². The smallest absolute Gasteiger partial charge is 0.166 e. The van der Waals surface area contributed by atoms with Crippen LogP contribution in [0.1, 0.15) is 13.3 Å². The van der Waals surface area contributed by atoms with E-state index in [1.807, 2.05) is 0 Å². The predicted octanol–water partition coefficient (Wildman–Crippen LogP) is 2.79. The zero-order valence-electron chi connectivity index (χ0n) is 5.61. The Balaban J connectivity index is 3.58. The average molecular weight is 173 g/mol. The zero-order chi connectivity index (χ0) is 8.20. The Morgan fingerprint density at radius 3 is 2.20 bits per heavy atom. The van der Waals surface area contributed by atoms with Crippen LogP contribution >= 0.6 is 7.80 Å². The minimum Gasteiger partial charge on any atom is -0.166 e.